The van der Waals surface area contributed by atoms with Crippen molar-refractivity contribution in [2.24, 2.45) is 0 Å². The molecule has 1 aromatic rings. The highest BCUT2D eigenvalue weighted by atomic mass is 16.2. The van der Waals surface area contributed by atoms with E-state index >= 15 is 0 Å². The van der Waals surface area contributed by atoms with E-state index in [9.17, 15) is 9.59 Å². The van der Waals surface area contributed by atoms with Gasteiger partial charge >= 0.3 is 0 Å². The Kier molecular flexibility index (Phi) is 4.34. The monoisotopic (exact) mass is 258 g/mol. The second-order valence-corrected chi connectivity index (χ2v) is 4.80. The summed E-state index contributed by atoms with van der Waals surface area (Å²) in [6.07, 6.45) is 4.51. The minimum absolute atomic E-state index is 0.0346. The molecule has 1 heterocycles. The van der Waals surface area contributed by atoms with Crippen LogP contribution in [0.3, 0.4) is 0 Å². The summed E-state index contributed by atoms with van der Waals surface area (Å²) in [5.41, 5.74) is 2.17. The van der Waals surface area contributed by atoms with Crippen molar-refractivity contribution >= 4 is 17.9 Å². The van der Waals surface area contributed by atoms with Crippen molar-refractivity contribution in [2.75, 3.05) is 6.54 Å². The van der Waals surface area contributed by atoms with Crippen molar-refractivity contribution in [3.05, 3.63) is 41.5 Å². The first-order chi connectivity index (χ1) is 9.13. The Morgan fingerprint density at radius 3 is 3.00 bits per heavy atom. The molecular formula is C15H18N2O2. The van der Waals surface area contributed by atoms with E-state index in [4.69, 9.17) is 0 Å². The van der Waals surface area contributed by atoms with Crippen molar-refractivity contribution in [3.63, 3.8) is 0 Å². The number of benzene rings is 1. The Labute approximate surface area is 112 Å². The molecule has 19 heavy (non-hydrogen) atoms. The molecule has 0 aliphatic carbocycles. The van der Waals surface area contributed by atoms with Crippen LogP contribution in [-0.2, 0) is 9.59 Å². The summed E-state index contributed by atoms with van der Waals surface area (Å²) in [5, 5.41) is 5.62. The second kappa shape index (κ2) is 6.18. The van der Waals surface area contributed by atoms with Gasteiger partial charge in [0.25, 0.3) is 0 Å². The summed E-state index contributed by atoms with van der Waals surface area (Å²) in [4.78, 5) is 22.7. The maximum atomic E-state index is 11.7. The first-order valence-electron chi connectivity index (χ1n) is 6.45. The van der Waals surface area contributed by atoms with E-state index in [1.807, 2.05) is 31.2 Å². The Morgan fingerprint density at radius 1 is 1.47 bits per heavy atom. The summed E-state index contributed by atoms with van der Waals surface area (Å²) in [6.45, 7) is 2.53. The van der Waals surface area contributed by atoms with E-state index in [1.165, 1.54) is 6.08 Å². The third-order valence-electron chi connectivity index (χ3n) is 3.08. The maximum absolute atomic E-state index is 11.7. The summed E-state index contributed by atoms with van der Waals surface area (Å²) >= 11 is 0. The van der Waals surface area contributed by atoms with Gasteiger partial charge in [-0.25, -0.2) is 0 Å². The molecule has 1 fully saturated rings. The molecule has 0 spiro atoms. The van der Waals surface area contributed by atoms with Crippen LogP contribution in [0.15, 0.2) is 30.3 Å². The van der Waals surface area contributed by atoms with Crippen LogP contribution in [0, 0.1) is 6.92 Å². The van der Waals surface area contributed by atoms with E-state index in [-0.39, 0.29) is 17.9 Å². The van der Waals surface area contributed by atoms with Gasteiger partial charge in [0.1, 0.15) is 0 Å². The van der Waals surface area contributed by atoms with E-state index < -0.39 is 0 Å². The third kappa shape index (κ3) is 4.25. The van der Waals surface area contributed by atoms with Crippen molar-refractivity contribution < 1.29 is 9.59 Å². The number of hydrogen-bond donors (Lipinski definition) is 2. The van der Waals surface area contributed by atoms with Gasteiger partial charge in [-0.1, -0.05) is 29.8 Å². The number of piperidine rings is 1. The molecule has 1 aliphatic heterocycles. The predicted molar refractivity (Wildman–Crippen MR) is 74.4 cm³/mol. The molecule has 100 valence electrons. The normalized spacial score (nSPS) is 19.2. The average Bonchev–Trinajstić information content (AvgIpc) is 2.39. The molecule has 0 bridgehead atoms. The van der Waals surface area contributed by atoms with E-state index in [2.05, 4.69) is 10.6 Å². The number of rotatable bonds is 3. The fourth-order valence-corrected chi connectivity index (χ4v) is 2.05. The standard InChI is InChI=1S/C15H18N2O2/c1-11-3-2-4-12(9-11)5-7-15(19)17-13-6-8-14(18)16-10-13/h2-5,7,9,13H,6,8,10H2,1H3,(H,16,18)(H,17,19). The molecule has 4 heteroatoms. The lowest BCUT2D eigenvalue weighted by Crippen LogP contribution is -2.47. The van der Waals surface area contributed by atoms with Crippen LogP contribution >= 0.6 is 0 Å². The first-order valence-corrected chi connectivity index (χ1v) is 6.45. The molecule has 1 atom stereocenters. The van der Waals surface area contributed by atoms with E-state index in [0.29, 0.717) is 19.4 Å². The third-order valence-corrected chi connectivity index (χ3v) is 3.08. The fraction of sp³-hybridized carbons (Fsp3) is 0.333. The van der Waals surface area contributed by atoms with Crippen LogP contribution in [0.25, 0.3) is 6.08 Å². The number of carbonyl (C=O) groups is 2. The Morgan fingerprint density at radius 2 is 2.32 bits per heavy atom. The van der Waals surface area contributed by atoms with Crippen LogP contribution in [0.4, 0.5) is 0 Å². The van der Waals surface area contributed by atoms with Gasteiger partial charge in [0, 0.05) is 25.1 Å². The largest absolute Gasteiger partial charge is 0.354 e. The first kappa shape index (κ1) is 13.3. The van der Waals surface area contributed by atoms with Crippen molar-refractivity contribution in [1.29, 1.82) is 0 Å². The molecule has 4 nitrogen and oxygen atoms in total. The number of hydrogen-bond acceptors (Lipinski definition) is 2. The van der Waals surface area contributed by atoms with Crippen LogP contribution < -0.4 is 10.6 Å². The molecule has 0 saturated carbocycles. The maximum Gasteiger partial charge on any atom is 0.244 e. The van der Waals surface area contributed by atoms with Crippen LogP contribution in [-0.4, -0.2) is 24.4 Å². The van der Waals surface area contributed by atoms with Crippen LogP contribution in [0.2, 0.25) is 0 Å². The molecule has 1 saturated heterocycles. The van der Waals surface area contributed by atoms with Gasteiger partial charge in [-0.3, -0.25) is 9.59 Å². The lowest BCUT2D eigenvalue weighted by molar-refractivity contribution is -0.124. The van der Waals surface area contributed by atoms with Crippen molar-refractivity contribution in [1.82, 2.24) is 10.6 Å². The molecule has 0 aromatic heterocycles. The summed E-state index contributed by atoms with van der Waals surface area (Å²) < 4.78 is 0. The highest BCUT2D eigenvalue weighted by Crippen LogP contribution is 2.06. The van der Waals surface area contributed by atoms with Crippen molar-refractivity contribution in [3.8, 4) is 0 Å². The highest BCUT2D eigenvalue weighted by molar-refractivity contribution is 5.92. The van der Waals surface area contributed by atoms with Gasteiger partial charge in [-0.05, 0) is 25.0 Å². The number of nitrogens with one attached hydrogen (secondary N) is 2. The zero-order valence-electron chi connectivity index (χ0n) is 11.0. The Bertz CT molecular complexity index is 499. The van der Waals surface area contributed by atoms with Gasteiger partial charge in [0.05, 0.1) is 0 Å². The molecular weight excluding hydrogens is 240 g/mol. The Balaban J connectivity index is 1.85. The summed E-state index contributed by atoms with van der Waals surface area (Å²) in [6, 6.07) is 7.99. The smallest absolute Gasteiger partial charge is 0.244 e. The summed E-state index contributed by atoms with van der Waals surface area (Å²) in [7, 11) is 0. The molecule has 2 rings (SSSR count). The lowest BCUT2D eigenvalue weighted by atomic mass is 10.1. The van der Waals surface area contributed by atoms with Gasteiger partial charge in [0.2, 0.25) is 11.8 Å². The van der Waals surface area contributed by atoms with Gasteiger partial charge in [0.15, 0.2) is 0 Å². The summed E-state index contributed by atoms with van der Waals surface area (Å²) in [5.74, 6) is -0.0662. The highest BCUT2D eigenvalue weighted by Gasteiger charge is 2.18. The van der Waals surface area contributed by atoms with E-state index in [1.54, 1.807) is 6.08 Å². The SMILES string of the molecule is Cc1cccc(C=CC(=O)NC2CCC(=O)NC2)c1. The average molecular weight is 258 g/mol. The Hall–Kier alpha value is -2.10. The topological polar surface area (TPSA) is 58.2 Å². The minimum Gasteiger partial charge on any atom is -0.354 e. The minimum atomic E-state index is -0.123. The van der Waals surface area contributed by atoms with Gasteiger partial charge < -0.3 is 10.6 Å². The fourth-order valence-electron chi connectivity index (χ4n) is 2.05. The predicted octanol–water partition coefficient (Wildman–Crippen LogP) is 1.40. The lowest BCUT2D eigenvalue weighted by Gasteiger charge is -2.22. The van der Waals surface area contributed by atoms with Crippen LogP contribution in [0.1, 0.15) is 24.0 Å². The quantitative estimate of drug-likeness (QED) is 0.805. The number of amides is 2. The number of carbonyl (C=O) groups excluding carboxylic acids is 2. The molecule has 1 aromatic carbocycles. The molecule has 2 amide bonds. The zero-order chi connectivity index (χ0) is 13.7. The number of aryl methyl sites for hydroxylation is 1. The molecule has 1 unspecified atom stereocenters. The zero-order valence-corrected chi connectivity index (χ0v) is 11.0. The van der Waals surface area contributed by atoms with Gasteiger partial charge in [-0.15, -0.1) is 0 Å². The molecule has 0 radical (unpaired) electrons. The van der Waals surface area contributed by atoms with E-state index in [0.717, 1.165) is 11.1 Å². The van der Waals surface area contributed by atoms with Crippen molar-refractivity contribution in [2.45, 2.75) is 25.8 Å². The molecule has 2 N–H and O–H groups in total. The van der Waals surface area contributed by atoms with Gasteiger partial charge in [-0.2, -0.15) is 0 Å². The van der Waals surface area contributed by atoms with Crippen LogP contribution in [0.5, 0.6) is 0 Å². The second-order valence-electron chi connectivity index (χ2n) is 4.80. The molecule has 1 aliphatic rings.